The number of amides is 1. The standard InChI is InChI=1S/C23H31FN4O/c1-26(16-17-8-6-9-18(24)14-17)20-12-7-13-28-21(20)15-25-22(28)23(29)27(2)19-10-4-3-5-11-19/h6,8-9,14-15,19-20H,3-5,7,10-13,16H2,1-2H3/t20-/m1/s1. The minimum Gasteiger partial charge on any atom is -0.336 e. The van der Waals surface area contributed by atoms with Crippen LogP contribution in [0.3, 0.4) is 0 Å². The summed E-state index contributed by atoms with van der Waals surface area (Å²) in [6.45, 7) is 1.50. The summed E-state index contributed by atoms with van der Waals surface area (Å²) in [5.41, 5.74) is 2.05. The third kappa shape index (κ3) is 4.22. The molecule has 1 atom stereocenters. The predicted molar refractivity (Wildman–Crippen MR) is 111 cm³/mol. The van der Waals surface area contributed by atoms with E-state index >= 15 is 0 Å². The van der Waals surface area contributed by atoms with Crippen molar-refractivity contribution in [3.63, 3.8) is 0 Å². The fourth-order valence-electron chi connectivity index (χ4n) is 4.92. The molecule has 0 saturated heterocycles. The van der Waals surface area contributed by atoms with E-state index < -0.39 is 0 Å². The second kappa shape index (κ2) is 8.66. The molecule has 1 aliphatic heterocycles. The Labute approximate surface area is 172 Å². The molecule has 1 aliphatic carbocycles. The van der Waals surface area contributed by atoms with Crippen LogP contribution in [0.4, 0.5) is 4.39 Å². The number of benzene rings is 1. The summed E-state index contributed by atoms with van der Waals surface area (Å²) in [6.07, 6.45) is 9.76. The minimum atomic E-state index is -0.205. The van der Waals surface area contributed by atoms with E-state index in [0.29, 0.717) is 18.4 Å². The molecule has 6 heteroatoms. The number of hydrogen-bond acceptors (Lipinski definition) is 3. The molecule has 2 heterocycles. The summed E-state index contributed by atoms with van der Waals surface area (Å²) in [5, 5.41) is 0. The first kappa shape index (κ1) is 20.1. The average Bonchev–Trinajstić information content (AvgIpc) is 3.17. The van der Waals surface area contributed by atoms with Crippen LogP contribution < -0.4 is 0 Å². The Morgan fingerprint density at radius 1 is 1.17 bits per heavy atom. The Balaban J connectivity index is 1.51. The molecular weight excluding hydrogens is 367 g/mol. The number of hydrogen-bond donors (Lipinski definition) is 0. The van der Waals surface area contributed by atoms with E-state index in [4.69, 9.17) is 0 Å². The molecule has 5 nitrogen and oxygen atoms in total. The van der Waals surface area contributed by atoms with Crippen LogP contribution in [0, 0.1) is 5.82 Å². The van der Waals surface area contributed by atoms with Gasteiger partial charge in [0.2, 0.25) is 0 Å². The van der Waals surface area contributed by atoms with E-state index in [1.807, 2.05) is 24.2 Å². The van der Waals surface area contributed by atoms with Gasteiger partial charge in [-0.05, 0) is 50.4 Å². The van der Waals surface area contributed by atoms with Crippen LogP contribution >= 0.6 is 0 Å². The van der Waals surface area contributed by atoms with Crippen molar-refractivity contribution in [1.29, 1.82) is 0 Å². The van der Waals surface area contributed by atoms with E-state index in [0.717, 1.165) is 43.5 Å². The van der Waals surface area contributed by atoms with Crippen LogP contribution in [0.1, 0.15) is 72.9 Å². The van der Waals surface area contributed by atoms with E-state index in [9.17, 15) is 9.18 Å². The molecule has 0 spiro atoms. The van der Waals surface area contributed by atoms with Crippen molar-refractivity contribution in [1.82, 2.24) is 19.4 Å². The minimum absolute atomic E-state index is 0.0385. The van der Waals surface area contributed by atoms with Gasteiger partial charge in [0, 0.05) is 26.2 Å². The third-order valence-corrected chi connectivity index (χ3v) is 6.57. The van der Waals surface area contributed by atoms with Gasteiger partial charge in [0.15, 0.2) is 5.82 Å². The van der Waals surface area contributed by atoms with Gasteiger partial charge in [0.05, 0.1) is 17.9 Å². The first-order valence-corrected chi connectivity index (χ1v) is 10.8. The van der Waals surface area contributed by atoms with Gasteiger partial charge in [-0.1, -0.05) is 31.4 Å². The molecule has 1 amide bonds. The summed E-state index contributed by atoms with van der Waals surface area (Å²) < 4.78 is 15.7. The maximum Gasteiger partial charge on any atom is 0.289 e. The van der Waals surface area contributed by atoms with Crippen LogP contribution in [0.2, 0.25) is 0 Å². The summed E-state index contributed by atoms with van der Waals surface area (Å²) in [6, 6.07) is 7.28. The quantitative estimate of drug-likeness (QED) is 0.750. The topological polar surface area (TPSA) is 41.4 Å². The second-order valence-corrected chi connectivity index (χ2v) is 8.57. The highest BCUT2D eigenvalue weighted by Gasteiger charge is 2.31. The fraction of sp³-hybridized carbons (Fsp3) is 0.565. The van der Waals surface area contributed by atoms with Gasteiger partial charge in [-0.3, -0.25) is 9.69 Å². The Bertz CT molecular complexity index is 858. The number of halogens is 1. The SMILES string of the molecule is CN(C(=O)c1ncc2n1CCC[C@H]2N(C)Cc1cccc(F)c1)C1CCCCC1. The van der Waals surface area contributed by atoms with Gasteiger partial charge >= 0.3 is 0 Å². The fourth-order valence-corrected chi connectivity index (χ4v) is 4.92. The molecule has 1 aromatic heterocycles. The number of carbonyl (C=O) groups is 1. The maximum atomic E-state index is 13.5. The number of aromatic nitrogens is 2. The Morgan fingerprint density at radius 2 is 1.97 bits per heavy atom. The lowest BCUT2D eigenvalue weighted by Crippen LogP contribution is -2.40. The number of nitrogens with zero attached hydrogens (tertiary/aromatic N) is 4. The molecule has 0 N–H and O–H groups in total. The number of fused-ring (bicyclic) bond motifs is 1. The molecule has 156 valence electrons. The van der Waals surface area contributed by atoms with Crippen molar-refractivity contribution >= 4 is 5.91 Å². The van der Waals surface area contributed by atoms with Gasteiger partial charge in [-0.25, -0.2) is 9.37 Å². The van der Waals surface area contributed by atoms with Crippen molar-refractivity contribution < 1.29 is 9.18 Å². The lowest BCUT2D eigenvalue weighted by Gasteiger charge is -2.34. The van der Waals surface area contributed by atoms with Crippen molar-refractivity contribution in [3.05, 3.63) is 53.4 Å². The monoisotopic (exact) mass is 398 g/mol. The van der Waals surface area contributed by atoms with Gasteiger partial charge in [-0.15, -0.1) is 0 Å². The van der Waals surface area contributed by atoms with Crippen molar-refractivity contribution in [2.45, 2.75) is 70.1 Å². The molecule has 29 heavy (non-hydrogen) atoms. The predicted octanol–water partition coefficient (Wildman–Crippen LogP) is 4.39. The lowest BCUT2D eigenvalue weighted by atomic mass is 9.94. The summed E-state index contributed by atoms with van der Waals surface area (Å²) in [7, 11) is 3.99. The lowest BCUT2D eigenvalue weighted by molar-refractivity contribution is 0.0675. The van der Waals surface area contributed by atoms with Gasteiger partial charge in [0.1, 0.15) is 5.82 Å². The largest absolute Gasteiger partial charge is 0.336 e. The normalized spacial score (nSPS) is 19.9. The van der Waals surface area contributed by atoms with Crippen molar-refractivity contribution in [2.75, 3.05) is 14.1 Å². The smallest absolute Gasteiger partial charge is 0.289 e. The number of imidazole rings is 1. The molecule has 1 aromatic carbocycles. The molecule has 0 bridgehead atoms. The molecular formula is C23H31FN4O. The van der Waals surface area contributed by atoms with E-state index in [-0.39, 0.29) is 17.8 Å². The van der Waals surface area contributed by atoms with E-state index in [1.54, 1.807) is 12.1 Å². The van der Waals surface area contributed by atoms with Crippen LogP contribution in [0.5, 0.6) is 0 Å². The van der Waals surface area contributed by atoms with Crippen molar-refractivity contribution in [3.8, 4) is 0 Å². The molecule has 1 saturated carbocycles. The zero-order valence-electron chi connectivity index (χ0n) is 17.5. The molecule has 2 aromatic rings. The molecule has 0 unspecified atom stereocenters. The first-order chi connectivity index (χ1) is 14.0. The van der Waals surface area contributed by atoms with Crippen LogP contribution in [0.15, 0.2) is 30.5 Å². The highest BCUT2D eigenvalue weighted by Crippen LogP contribution is 2.32. The third-order valence-electron chi connectivity index (χ3n) is 6.57. The summed E-state index contributed by atoms with van der Waals surface area (Å²) in [5.74, 6) is 0.400. The van der Waals surface area contributed by atoms with Gasteiger partial charge in [0.25, 0.3) is 5.91 Å². The summed E-state index contributed by atoms with van der Waals surface area (Å²) >= 11 is 0. The zero-order chi connectivity index (χ0) is 20.4. The molecule has 2 aliphatic rings. The van der Waals surface area contributed by atoms with Crippen molar-refractivity contribution in [2.24, 2.45) is 0 Å². The second-order valence-electron chi connectivity index (χ2n) is 8.57. The number of rotatable bonds is 5. The van der Waals surface area contributed by atoms with E-state index in [1.165, 1.54) is 25.3 Å². The molecule has 1 fully saturated rings. The van der Waals surface area contributed by atoms with Crippen LogP contribution in [0.25, 0.3) is 0 Å². The van der Waals surface area contributed by atoms with Gasteiger partial charge < -0.3 is 9.47 Å². The molecule has 4 rings (SSSR count). The first-order valence-electron chi connectivity index (χ1n) is 10.8. The summed E-state index contributed by atoms with van der Waals surface area (Å²) in [4.78, 5) is 21.9. The Kier molecular flexibility index (Phi) is 5.99. The Morgan fingerprint density at radius 3 is 2.72 bits per heavy atom. The van der Waals surface area contributed by atoms with E-state index in [2.05, 4.69) is 21.5 Å². The zero-order valence-corrected chi connectivity index (χ0v) is 17.5. The highest BCUT2D eigenvalue weighted by molar-refractivity contribution is 5.91. The van der Waals surface area contributed by atoms with Gasteiger partial charge in [-0.2, -0.15) is 0 Å². The highest BCUT2D eigenvalue weighted by atomic mass is 19.1. The maximum absolute atomic E-state index is 13.5. The van der Waals surface area contributed by atoms with Crippen LogP contribution in [-0.4, -0.2) is 45.4 Å². The molecule has 0 radical (unpaired) electrons. The average molecular weight is 399 g/mol. The Hall–Kier alpha value is -2.21. The number of carbonyl (C=O) groups excluding carboxylic acids is 1. The van der Waals surface area contributed by atoms with Crippen LogP contribution in [-0.2, 0) is 13.1 Å².